The second-order valence-corrected chi connectivity index (χ2v) is 7.41. The molecule has 0 spiro atoms. The van der Waals surface area contributed by atoms with Gasteiger partial charge < -0.3 is 4.90 Å². The number of nitrogens with zero attached hydrogens (tertiary/aromatic N) is 2. The molecule has 1 atom stereocenters. The average Bonchev–Trinajstić information content (AvgIpc) is 2.58. The van der Waals surface area contributed by atoms with Crippen LogP contribution in [0.4, 0.5) is 0 Å². The van der Waals surface area contributed by atoms with Crippen LogP contribution in [-0.2, 0) is 10.2 Å². The molecular formula is C16H20N4O3S. The summed E-state index contributed by atoms with van der Waals surface area (Å²) >= 11 is 0. The Kier molecular flexibility index (Phi) is 4.79. The predicted octanol–water partition coefficient (Wildman–Crippen LogP) is 0.880. The summed E-state index contributed by atoms with van der Waals surface area (Å²) in [7, 11) is -3.70. The Morgan fingerprint density at radius 2 is 2.17 bits per heavy atom. The molecule has 1 fully saturated rings. The monoisotopic (exact) mass is 348 g/mol. The van der Waals surface area contributed by atoms with E-state index in [1.807, 2.05) is 24.3 Å². The Morgan fingerprint density at radius 1 is 1.33 bits per heavy atom. The molecular weight excluding hydrogens is 328 g/mol. The van der Waals surface area contributed by atoms with E-state index < -0.39 is 10.2 Å². The molecule has 0 bridgehead atoms. The van der Waals surface area contributed by atoms with Crippen LogP contribution in [0.15, 0.2) is 36.5 Å². The number of hydrogen-bond donors (Lipinski definition) is 2. The van der Waals surface area contributed by atoms with Gasteiger partial charge in [0, 0.05) is 36.8 Å². The number of nitrogens with one attached hydrogen (secondary N) is 1. The number of nitrogens with two attached hydrogens (primary N) is 1. The van der Waals surface area contributed by atoms with Gasteiger partial charge in [-0.2, -0.15) is 8.42 Å². The van der Waals surface area contributed by atoms with E-state index in [4.69, 9.17) is 5.14 Å². The van der Waals surface area contributed by atoms with E-state index in [1.54, 1.807) is 17.2 Å². The van der Waals surface area contributed by atoms with E-state index >= 15 is 0 Å². The second-order valence-electron chi connectivity index (χ2n) is 6.03. The summed E-state index contributed by atoms with van der Waals surface area (Å²) in [4.78, 5) is 19.0. The number of hydrogen-bond acceptors (Lipinski definition) is 4. The van der Waals surface area contributed by atoms with E-state index in [0.29, 0.717) is 18.7 Å². The first-order chi connectivity index (χ1) is 11.4. The van der Waals surface area contributed by atoms with Crippen molar-refractivity contribution in [2.45, 2.75) is 12.8 Å². The molecule has 1 aromatic carbocycles. The number of pyridine rings is 1. The Hall–Kier alpha value is -2.03. The zero-order chi connectivity index (χ0) is 17.2. The second kappa shape index (κ2) is 6.84. The van der Waals surface area contributed by atoms with Crippen molar-refractivity contribution in [3.8, 4) is 0 Å². The highest BCUT2D eigenvalue weighted by atomic mass is 32.2. The fourth-order valence-electron chi connectivity index (χ4n) is 3.11. The molecule has 1 unspecified atom stereocenters. The van der Waals surface area contributed by atoms with Crippen molar-refractivity contribution >= 4 is 27.0 Å². The van der Waals surface area contributed by atoms with E-state index in [9.17, 15) is 13.2 Å². The maximum atomic E-state index is 12.9. The number of fused-ring (bicyclic) bond motifs is 1. The number of amides is 1. The molecule has 0 aliphatic carbocycles. The standard InChI is InChI=1S/C16H20N4O3S/c17-24(22,23)19-10-12-4-3-9-20(11-12)16(21)14-5-1-7-15-13(14)6-2-8-18-15/h1-2,5-8,12,19H,3-4,9-11H2,(H2,17,22,23). The third-order valence-electron chi connectivity index (χ3n) is 4.26. The zero-order valence-electron chi connectivity index (χ0n) is 13.2. The van der Waals surface area contributed by atoms with E-state index in [2.05, 4.69) is 9.71 Å². The maximum Gasteiger partial charge on any atom is 0.274 e. The normalized spacial score (nSPS) is 18.7. The largest absolute Gasteiger partial charge is 0.338 e. The van der Waals surface area contributed by atoms with Crippen molar-refractivity contribution in [3.63, 3.8) is 0 Å². The summed E-state index contributed by atoms with van der Waals surface area (Å²) in [6, 6.07) is 9.21. The molecule has 7 nitrogen and oxygen atoms in total. The van der Waals surface area contributed by atoms with Crippen LogP contribution in [-0.4, -0.2) is 43.8 Å². The van der Waals surface area contributed by atoms with Crippen molar-refractivity contribution in [1.29, 1.82) is 0 Å². The first kappa shape index (κ1) is 16.8. The molecule has 0 radical (unpaired) electrons. The lowest BCUT2D eigenvalue weighted by Crippen LogP contribution is -2.44. The summed E-state index contributed by atoms with van der Waals surface area (Å²) in [5.41, 5.74) is 1.41. The van der Waals surface area contributed by atoms with Crippen LogP contribution in [0.25, 0.3) is 10.9 Å². The molecule has 3 rings (SSSR count). The molecule has 24 heavy (non-hydrogen) atoms. The van der Waals surface area contributed by atoms with Crippen LogP contribution in [0, 0.1) is 5.92 Å². The molecule has 1 aliphatic rings. The SMILES string of the molecule is NS(=O)(=O)NCC1CCCN(C(=O)c2cccc3ncccc23)C1. The fourth-order valence-corrected chi connectivity index (χ4v) is 3.58. The van der Waals surface area contributed by atoms with Gasteiger partial charge in [-0.1, -0.05) is 12.1 Å². The number of aromatic nitrogens is 1. The summed E-state index contributed by atoms with van der Waals surface area (Å²) in [6.45, 7) is 1.43. The lowest BCUT2D eigenvalue weighted by Gasteiger charge is -2.33. The third-order valence-corrected chi connectivity index (χ3v) is 4.82. The van der Waals surface area contributed by atoms with Crippen LogP contribution in [0.5, 0.6) is 0 Å². The number of rotatable bonds is 4. The van der Waals surface area contributed by atoms with Gasteiger partial charge in [-0.05, 0) is 37.0 Å². The Balaban J connectivity index is 1.76. The van der Waals surface area contributed by atoms with Gasteiger partial charge in [0.05, 0.1) is 5.52 Å². The van der Waals surface area contributed by atoms with E-state index in [0.717, 1.165) is 23.7 Å². The number of likely N-dealkylation sites (tertiary alicyclic amines) is 1. The van der Waals surface area contributed by atoms with E-state index in [-0.39, 0.29) is 18.4 Å². The Morgan fingerprint density at radius 3 is 2.96 bits per heavy atom. The van der Waals surface area contributed by atoms with Gasteiger partial charge in [0.25, 0.3) is 16.1 Å². The highest BCUT2D eigenvalue weighted by Gasteiger charge is 2.26. The lowest BCUT2D eigenvalue weighted by atomic mass is 9.97. The summed E-state index contributed by atoms with van der Waals surface area (Å²) in [5.74, 6) is 0.0167. The zero-order valence-corrected chi connectivity index (χ0v) is 14.0. The number of carbonyl (C=O) groups is 1. The minimum Gasteiger partial charge on any atom is -0.338 e. The molecule has 0 saturated carbocycles. The smallest absolute Gasteiger partial charge is 0.274 e. The first-order valence-corrected chi connectivity index (χ1v) is 9.39. The van der Waals surface area contributed by atoms with E-state index in [1.165, 1.54) is 0 Å². The molecule has 1 aliphatic heterocycles. The Bertz CT molecular complexity index is 848. The number of benzene rings is 1. The van der Waals surface area contributed by atoms with Gasteiger partial charge in [0.2, 0.25) is 0 Å². The highest BCUT2D eigenvalue weighted by molar-refractivity contribution is 7.87. The van der Waals surface area contributed by atoms with Crippen molar-refractivity contribution in [2.24, 2.45) is 11.1 Å². The van der Waals surface area contributed by atoms with Crippen molar-refractivity contribution < 1.29 is 13.2 Å². The van der Waals surface area contributed by atoms with Crippen LogP contribution >= 0.6 is 0 Å². The average molecular weight is 348 g/mol. The maximum absolute atomic E-state index is 12.9. The lowest BCUT2D eigenvalue weighted by molar-refractivity contribution is 0.0678. The summed E-state index contributed by atoms with van der Waals surface area (Å²) < 4.78 is 24.4. The fraction of sp³-hybridized carbons (Fsp3) is 0.375. The van der Waals surface area contributed by atoms with Gasteiger partial charge in [0.1, 0.15) is 0 Å². The van der Waals surface area contributed by atoms with Crippen molar-refractivity contribution in [1.82, 2.24) is 14.6 Å². The summed E-state index contributed by atoms with van der Waals surface area (Å²) in [5, 5.41) is 5.80. The number of piperidine rings is 1. The molecule has 1 aromatic heterocycles. The highest BCUT2D eigenvalue weighted by Crippen LogP contribution is 2.22. The number of carbonyl (C=O) groups excluding carboxylic acids is 1. The van der Waals surface area contributed by atoms with Crippen molar-refractivity contribution in [2.75, 3.05) is 19.6 Å². The topological polar surface area (TPSA) is 105 Å². The third kappa shape index (κ3) is 3.89. The first-order valence-electron chi connectivity index (χ1n) is 7.84. The van der Waals surface area contributed by atoms with Crippen LogP contribution in [0.2, 0.25) is 0 Å². The van der Waals surface area contributed by atoms with Crippen LogP contribution in [0.3, 0.4) is 0 Å². The summed E-state index contributed by atoms with van der Waals surface area (Å²) in [6.07, 6.45) is 3.40. The minimum atomic E-state index is -3.70. The quantitative estimate of drug-likeness (QED) is 0.855. The molecule has 3 N–H and O–H groups in total. The molecule has 2 aromatic rings. The molecule has 8 heteroatoms. The van der Waals surface area contributed by atoms with Crippen LogP contribution in [0.1, 0.15) is 23.2 Å². The van der Waals surface area contributed by atoms with Gasteiger partial charge in [-0.25, -0.2) is 9.86 Å². The van der Waals surface area contributed by atoms with Crippen molar-refractivity contribution in [3.05, 3.63) is 42.1 Å². The predicted molar refractivity (Wildman–Crippen MR) is 91.5 cm³/mol. The Labute approximate surface area is 141 Å². The van der Waals surface area contributed by atoms with Crippen LogP contribution < -0.4 is 9.86 Å². The molecule has 1 saturated heterocycles. The molecule has 128 valence electrons. The van der Waals surface area contributed by atoms with Gasteiger partial charge >= 0.3 is 0 Å². The molecule has 1 amide bonds. The van der Waals surface area contributed by atoms with Gasteiger partial charge in [0.15, 0.2) is 0 Å². The minimum absolute atomic E-state index is 0.0473. The van der Waals surface area contributed by atoms with Gasteiger partial charge in [-0.15, -0.1) is 0 Å². The molecule has 2 heterocycles. The van der Waals surface area contributed by atoms with Gasteiger partial charge in [-0.3, -0.25) is 9.78 Å².